The molecule has 1 unspecified atom stereocenters. The molecule has 0 aromatic heterocycles. The predicted molar refractivity (Wildman–Crippen MR) is 90.8 cm³/mol. The number of sulfone groups is 1. The maximum atomic E-state index is 11.9. The maximum absolute atomic E-state index is 11.9. The van der Waals surface area contributed by atoms with Crippen molar-refractivity contribution in [1.82, 2.24) is 5.32 Å². The molecule has 2 aromatic rings. The normalized spacial score (nSPS) is 16.1. The van der Waals surface area contributed by atoms with Crippen LogP contribution < -0.4 is 5.32 Å². The van der Waals surface area contributed by atoms with E-state index in [1.54, 1.807) is 12.1 Å². The molecule has 118 valence electrons. The lowest BCUT2D eigenvalue weighted by molar-refractivity contribution is -0.109. The number of hydrogen-bond donors (Lipinski definition) is 1. The van der Waals surface area contributed by atoms with Gasteiger partial charge in [-0.25, -0.2) is 8.42 Å². The van der Waals surface area contributed by atoms with Crippen molar-refractivity contribution in [3.63, 3.8) is 0 Å². The van der Waals surface area contributed by atoms with E-state index in [1.165, 1.54) is 6.26 Å². The Morgan fingerprint density at radius 3 is 2.43 bits per heavy atom. The molecule has 1 atom stereocenters. The number of nitrogens with one attached hydrogen (secondary N) is 1. The summed E-state index contributed by atoms with van der Waals surface area (Å²) in [6, 6.07) is 13.1. The zero-order chi connectivity index (χ0) is 16.4. The van der Waals surface area contributed by atoms with Crippen LogP contribution in [0.5, 0.6) is 0 Å². The zero-order valence-electron chi connectivity index (χ0n) is 12.7. The van der Waals surface area contributed by atoms with Gasteiger partial charge in [-0.3, -0.25) is 4.79 Å². The van der Waals surface area contributed by atoms with Crippen LogP contribution in [0.4, 0.5) is 0 Å². The van der Waals surface area contributed by atoms with Gasteiger partial charge in [0.05, 0.1) is 4.90 Å². The number of amides is 1. The first-order valence-electron chi connectivity index (χ1n) is 7.29. The van der Waals surface area contributed by atoms with E-state index in [2.05, 4.69) is 5.32 Å². The Balaban J connectivity index is 2.21. The third kappa shape index (κ3) is 3.05. The molecule has 0 radical (unpaired) electrons. The summed E-state index contributed by atoms with van der Waals surface area (Å²) in [7, 11) is -3.28. The van der Waals surface area contributed by atoms with Gasteiger partial charge in [-0.15, -0.1) is 0 Å². The van der Waals surface area contributed by atoms with Crippen LogP contribution in [0.1, 0.15) is 28.2 Å². The fraction of sp³-hybridized carbons (Fsp3) is 0.167. The van der Waals surface area contributed by atoms with Crippen molar-refractivity contribution >= 4 is 28.4 Å². The smallest absolute Gasteiger partial charge is 0.207 e. The lowest BCUT2D eigenvalue weighted by atomic mass is 9.87. The molecule has 0 saturated heterocycles. The van der Waals surface area contributed by atoms with Gasteiger partial charge in [-0.05, 0) is 34.4 Å². The minimum Gasteiger partial charge on any atom is -0.358 e. The largest absolute Gasteiger partial charge is 0.358 e. The second-order valence-electron chi connectivity index (χ2n) is 5.60. The summed E-state index contributed by atoms with van der Waals surface area (Å²) in [4.78, 5) is 11.1. The SMILES string of the molecule is CS(=O)(=O)c1ccc2c(c1)C(CNC=O)c1ccccc1C=C2. The molecule has 5 heteroatoms. The van der Waals surface area contributed by atoms with Gasteiger partial charge in [0, 0.05) is 18.7 Å². The Kier molecular flexibility index (Phi) is 4.05. The van der Waals surface area contributed by atoms with Gasteiger partial charge >= 0.3 is 0 Å². The first-order valence-corrected chi connectivity index (χ1v) is 9.18. The average molecular weight is 327 g/mol. The number of fused-ring (bicyclic) bond motifs is 2. The number of rotatable bonds is 4. The van der Waals surface area contributed by atoms with E-state index in [9.17, 15) is 13.2 Å². The van der Waals surface area contributed by atoms with E-state index in [1.807, 2.05) is 42.5 Å². The predicted octanol–water partition coefficient (Wildman–Crippen LogP) is 2.45. The van der Waals surface area contributed by atoms with Crippen LogP contribution in [0.3, 0.4) is 0 Å². The van der Waals surface area contributed by atoms with Crippen LogP contribution in [-0.2, 0) is 14.6 Å². The van der Waals surface area contributed by atoms with E-state index in [-0.39, 0.29) is 5.92 Å². The minimum absolute atomic E-state index is 0.0944. The van der Waals surface area contributed by atoms with Gasteiger partial charge in [0.2, 0.25) is 6.41 Å². The maximum Gasteiger partial charge on any atom is 0.207 e. The highest BCUT2D eigenvalue weighted by Crippen LogP contribution is 2.35. The Labute approximate surface area is 135 Å². The van der Waals surface area contributed by atoms with Crippen LogP contribution in [-0.4, -0.2) is 27.6 Å². The molecule has 1 amide bonds. The van der Waals surface area contributed by atoms with Gasteiger partial charge in [0.25, 0.3) is 0 Å². The molecule has 0 saturated carbocycles. The number of carbonyl (C=O) groups is 1. The second kappa shape index (κ2) is 6.01. The summed E-state index contributed by atoms with van der Waals surface area (Å²) < 4.78 is 23.8. The molecule has 1 N–H and O–H groups in total. The molecular weight excluding hydrogens is 310 g/mol. The number of hydrogen-bond acceptors (Lipinski definition) is 3. The summed E-state index contributed by atoms with van der Waals surface area (Å²) in [6.07, 6.45) is 5.88. The molecule has 2 aromatic carbocycles. The van der Waals surface area contributed by atoms with E-state index >= 15 is 0 Å². The van der Waals surface area contributed by atoms with Crippen molar-refractivity contribution in [1.29, 1.82) is 0 Å². The topological polar surface area (TPSA) is 63.2 Å². The van der Waals surface area contributed by atoms with Gasteiger partial charge in [0.15, 0.2) is 9.84 Å². The van der Waals surface area contributed by atoms with Crippen molar-refractivity contribution in [2.75, 3.05) is 12.8 Å². The molecule has 0 bridgehead atoms. The Bertz CT molecular complexity index is 885. The zero-order valence-corrected chi connectivity index (χ0v) is 13.5. The summed E-state index contributed by atoms with van der Waals surface area (Å²) in [5.41, 5.74) is 4.01. The van der Waals surface area contributed by atoms with Crippen molar-refractivity contribution in [3.8, 4) is 0 Å². The molecular formula is C18H17NO3S. The molecule has 0 aliphatic heterocycles. The van der Waals surface area contributed by atoms with Gasteiger partial charge in [0.1, 0.15) is 0 Å². The van der Waals surface area contributed by atoms with Crippen molar-refractivity contribution in [2.45, 2.75) is 10.8 Å². The third-order valence-electron chi connectivity index (χ3n) is 4.08. The fourth-order valence-electron chi connectivity index (χ4n) is 2.95. The molecule has 0 heterocycles. The van der Waals surface area contributed by atoms with Crippen LogP contribution in [0.25, 0.3) is 12.2 Å². The standard InChI is InChI=1S/C18H17NO3S/c1-23(21,22)15-9-8-14-7-6-13-4-2-3-5-16(13)18(11-19-12-20)17(14)10-15/h2-10,12,18H,11H2,1H3,(H,19,20). The molecule has 4 nitrogen and oxygen atoms in total. The molecule has 0 spiro atoms. The highest BCUT2D eigenvalue weighted by atomic mass is 32.2. The summed E-state index contributed by atoms with van der Waals surface area (Å²) in [5.74, 6) is -0.0944. The third-order valence-corrected chi connectivity index (χ3v) is 5.19. The molecule has 1 aliphatic carbocycles. The minimum atomic E-state index is -3.28. The van der Waals surface area contributed by atoms with E-state index < -0.39 is 9.84 Å². The Hall–Kier alpha value is -2.40. The first-order chi connectivity index (χ1) is 11.0. The Morgan fingerprint density at radius 1 is 1.04 bits per heavy atom. The van der Waals surface area contributed by atoms with Gasteiger partial charge in [-0.2, -0.15) is 0 Å². The fourth-order valence-corrected chi connectivity index (χ4v) is 3.61. The van der Waals surface area contributed by atoms with Crippen LogP contribution in [0.2, 0.25) is 0 Å². The van der Waals surface area contributed by atoms with Crippen molar-refractivity contribution in [3.05, 3.63) is 64.7 Å². The molecule has 1 aliphatic rings. The lowest BCUT2D eigenvalue weighted by Gasteiger charge is -2.20. The average Bonchev–Trinajstić information content (AvgIpc) is 2.68. The highest BCUT2D eigenvalue weighted by Gasteiger charge is 2.22. The van der Waals surface area contributed by atoms with Crippen molar-refractivity contribution < 1.29 is 13.2 Å². The molecule has 23 heavy (non-hydrogen) atoms. The number of carbonyl (C=O) groups excluding carboxylic acids is 1. The second-order valence-corrected chi connectivity index (χ2v) is 7.62. The monoisotopic (exact) mass is 327 g/mol. The first kappa shape index (κ1) is 15.5. The van der Waals surface area contributed by atoms with Gasteiger partial charge in [-0.1, -0.05) is 42.5 Å². The molecule has 0 fully saturated rings. The van der Waals surface area contributed by atoms with Crippen molar-refractivity contribution in [2.24, 2.45) is 0 Å². The number of benzene rings is 2. The summed E-state index contributed by atoms with van der Waals surface area (Å²) in [5, 5.41) is 2.73. The molecule has 3 rings (SSSR count). The Morgan fingerprint density at radius 2 is 1.74 bits per heavy atom. The van der Waals surface area contributed by atoms with E-state index in [4.69, 9.17) is 0 Å². The van der Waals surface area contributed by atoms with Crippen LogP contribution in [0.15, 0.2) is 47.4 Å². The summed E-state index contributed by atoms with van der Waals surface area (Å²) in [6.45, 7) is 0.419. The quantitative estimate of drug-likeness (QED) is 0.878. The summed E-state index contributed by atoms with van der Waals surface area (Å²) >= 11 is 0. The highest BCUT2D eigenvalue weighted by molar-refractivity contribution is 7.90. The lowest BCUT2D eigenvalue weighted by Crippen LogP contribution is -2.22. The van der Waals surface area contributed by atoms with E-state index in [0.29, 0.717) is 17.9 Å². The van der Waals surface area contributed by atoms with E-state index in [0.717, 1.165) is 22.3 Å². The van der Waals surface area contributed by atoms with Gasteiger partial charge < -0.3 is 5.32 Å². The van der Waals surface area contributed by atoms with Crippen LogP contribution >= 0.6 is 0 Å². The van der Waals surface area contributed by atoms with Crippen LogP contribution in [0, 0.1) is 0 Å².